The highest BCUT2D eigenvalue weighted by molar-refractivity contribution is 5.76. The Morgan fingerprint density at radius 3 is 3.00 bits per heavy atom. The fourth-order valence-electron chi connectivity index (χ4n) is 3.34. The highest BCUT2D eigenvalue weighted by atomic mass is 16.2. The van der Waals surface area contributed by atoms with Gasteiger partial charge < -0.3 is 9.88 Å². The van der Waals surface area contributed by atoms with E-state index in [0.29, 0.717) is 24.2 Å². The van der Waals surface area contributed by atoms with Crippen LogP contribution in [0.4, 0.5) is 0 Å². The van der Waals surface area contributed by atoms with Crippen LogP contribution in [0, 0.1) is 5.92 Å². The molecule has 3 heterocycles. The molecule has 6 heteroatoms. The Balaban J connectivity index is 1.43. The molecule has 2 aliphatic heterocycles. The second kappa shape index (κ2) is 7.04. The number of rotatable bonds is 5. The molecule has 3 rings (SSSR count). The molecule has 1 unspecified atom stereocenters. The highest BCUT2D eigenvalue weighted by Gasteiger charge is 2.26. The standard InChI is InChI=1S/C15H25N5O/c21-14(5-1-3-12-9-18-19-10-12)20-8-2-4-13(11-20)15-16-6-7-17-15/h6-7,12-13,18-19H,1-5,8-11H2,(H,16,17). The quantitative estimate of drug-likeness (QED) is 0.757. The summed E-state index contributed by atoms with van der Waals surface area (Å²) in [4.78, 5) is 21.9. The summed E-state index contributed by atoms with van der Waals surface area (Å²) in [6, 6.07) is 0. The van der Waals surface area contributed by atoms with Crippen LogP contribution in [-0.2, 0) is 4.79 Å². The minimum Gasteiger partial charge on any atom is -0.348 e. The zero-order valence-corrected chi connectivity index (χ0v) is 12.5. The zero-order valence-electron chi connectivity index (χ0n) is 12.5. The van der Waals surface area contributed by atoms with Crippen molar-refractivity contribution in [1.29, 1.82) is 0 Å². The predicted molar refractivity (Wildman–Crippen MR) is 80.5 cm³/mol. The van der Waals surface area contributed by atoms with Gasteiger partial charge in [0, 0.05) is 50.9 Å². The summed E-state index contributed by atoms with van der Waals surface area (Å²) in [5.74, 6) is 2.39. The van der Waals surface area contributed by atoms with E-state index in [1.807, 2.05) is 11.1 Å². The highest BCUT2D eigenvalue weighted by Crippen LogP contribution is 2.25. The normalized spacial score (nSPS) is 23.6. The largest absolute Gasteiger partial charge is 0.348 e. The Morgan fingerprint density at radius 2 is 2.24 bits per heavy atom. The maximum atomic E-state index is 12.4. The van der Waals surface area contributed by atoms with Gasteiger partial charge in [0.2, 0.25) is 5.91 Å². The molecule has 0 saturated carbocycles. The van der Waals surface area contributed by atoms with Crippen LogP contribution in [0.15, 0.2) is 12.4 Å². The molecule has 0 aromatic carbocycles. The predicted octanol–water partition coefficient (Wildman–Crippen LogP) is 1.01. The maximum Gasteiger partial charge on any atom is 0.222 e. The van der Waals surface area contributed by atoms with Crippen molar-refractivity contribution >= 4 is 5.91 Å². The second-order valence-electron chi connectivity index (χ2n) is 6.17. The molecular formula is C15H25N5O. The Labute approximate surface area is 125 Å². The number of aromatic nitrogens is 2. The number of H-pyrrole nitrogens is 1. The number of carbonyl (C=O) groups is 1. The summed E-state index contributed by atoms with van der Waals surface area (Å²) in [5.41, 5.74) is 6.28. The van der Waals surface area contributed by atoms with E-state index in [2.05, 4.69) is 20.8 Å². The summed E-state index contributed by atoms with van der Waals surface area (Å²) in [5, 5.41) is 0. The van der Waals surface area contributed by atoms with Gasteiger partial charge in [-0.1, -0.05) is 0 Å². The van der Waals surface area contributed by atoms with Crippen LogP contribution in [0.3, 0.4) is 0 Å². The minimum absolute atomic E-state index is 0.310. The molecule has 0 spiro atoms. The Hall–Kier alpha value is -1.40. The van der Waals surface area contributed by atoms with Crippen LogP contribution < -0.4 is 10.9 Å². The van der Waals surface area contributed by atoms with Crippen LogP contribution in [0.2, 0.25) is 0 Å². The van der Waals surface area contributed by atoms with Crippen LogP contribution in [-0.4, -0.2) is 47.0 Å². The third-order valence-electron chi connectivity index (χ3n) is 4.59. The average Bonchev–Trinajstić information content (AvgIpc) is 3.21. The summed E-state index contributed by atoms with van der Waals surface area (Å²) >= 11 is 0. The maximum absolute atomic E-state index is 12.4. The van der Waals surface area contributed by atoms with Gasteiger partial charge in [-0.25, -0.2) is 4.98 Å². The molecular weight excluding hydrogens is 266 g/mol. The van der Waals surface area contributed by atoms with Crippen LogP contribution in [0.5, 0.6) is 0 Å². The molecule has 1 aromatic rings. The first kappa shape index (κ1) is 14.5. The van der Waals surface area contributed by atoms with Crippen molar-refractivity contribution in [2.24, 2.45) is 5.92 Å². The molecule has 0 radical (unpaired) electrons. The Morgan fingerprint density at radius 1 is 1.38 bits per heavy atom. The fraction of sp³-hybridized carbons (Fsp3) is 0.733. The number of amides is 1. The summed E-state index contributed by atoms with van der Waals surface area (Å²) < 4.78 is 0. The van der Waals surface area contributed by atoms with Gasteiger partial charge in [0.1, 0.15) is 5.82 Å². The number of imidazole rings is 1. The minimum atomic E-state index is 0.310. The van der Waals surface area contributed by atoms with E-state index < -0.39 is 0 Å². The topological polar surface area (TPSA) is 73.1 Å². The van der Waals surface area contributed by atoms with E-state index in [-0.39, 0.29) is 0 Å². The van der Waals surface area contributed by atoms with Gasteiger partial charge in [-0.2, -0.15) is 0 Å². The lowest BCUT2D eigenvalue weighted by Crippen LogP contribution is -2.39. The molecule has 2 saturated heterocycles. The molecule has 116 valence electrons. The number of piperidine rings is 1. The van der Waals surface area contributed by atoms with Crippen molar-refractivity contribution in [3.8, 4) is 0 Å². The lowest BCUT2D eigenvalue weighted by atomic mass is 9.96. The van der Waals surface area contributed by atoms with Gasteiger partial charge in [-0.15, -0.1) is 0 Å². The SMILES string of the molecule is O=C(CCCC1CNNC1)N1CCCC(c2ncc[nH]2)C1. The molecule has 6 nitrogen and oxygen atoms in total. The van der Waals surface area contributed by atoms with Gasteiger partial charge in [0.05, 0.1) is 0 Å². The van der Waals surface area contributed by atoms with E-state index in [1.54, 1.807) is 6.20 Å². The van der Waals surface area contributed by atoms with Crippen molar-refractivity contribution in [2.75, 3.05) is 26.2 Å². The molecule has 1 amide bonds. The summed E-state index contributed by atoms with van der Waals surface area (Å²) in [6.07, 6.45) is 8.65. The third kappa shape index (κ3) is 3.83. The first-order valence-corrected chi connectivity index (χ1v) is 8.05. The van der Waals surface area contributed by atoms with Crippen molar-refractivity contribution in [3.63, 3.8) is 0 Å². The van der Waals surface area contributed by atoms with E-state index in [4.69, 9.17) is 0 Å². The van der Waals surface area contributed by atoms with Gasteiger partial charge in [0.25, 0.3) is 0 Å². The van der Waals surface area contributed by atoms with Gasteiger partial charge >= 0.3 is 0 Å². The molecule has 1 atom stereocenters. The lowest BCUT2D eigenvalue weighted by Gasteiger charge is -2.32. The molecule has 2 fully saturated rings. The van der Waals surface area contributed by atoms with Crippen molar-refractivity contribution in [2.45, 2.75) is 38.0 Å². The molecule has 1 aromatic heterocycles. The number of nitrogens with one attached hydrogen (secondary N) is 3. The smallest absolute Gasteiger partial charge is 0.222 e. The van der Waals surface area contributed by atoms with E-state index in [1.165, 1.54) is 0 Å². The number of nitrogens with zero attached hydrogens (tertiary/aromatic N) is 2. The van der Waals surface area contributed by atoms with E-state index in [9.17, 15) is 4.79 Å². The number of carbonyl (C=O) groups excluding carboxylic acids is 1. The molecule has 0 bridgehead atoms. The molecule has 3 N–H and O–H groups in total. The monoisotopic (exact) mass is 291 g/mol. The number of hydrazine groups is 1. The van der Waals surface area contributed by atoms with Crippen molar-refractivity contribution in [1.82, 2.24) is 25.7 Å². The van der Waals surface area contributed by atoms with Gasteiger partial charge in [0.15, 0.2) is 0 Å². The number of hydrogen-bond acceptors (Lipinski definition) is 4. The summed E-state index contributed by atoms with van der Waals surface area (Å²) in [6.45, 7) is 3.78. The van der Waals surface area contributed by atoms with Crippen LogP contribution in [0.25, 0.3) is 0 Å². The average molecular weight is 291 g/mol. The van der Waals surface area contributed by atoms with Crippen LogP contribution in [0.1, 0.15) is 43.8 Å². The molecule has 0 aliphatic carbocycles. The fourth-order valence-corrected chi connectivity index (χ4v) is 3.34. The number of likely N-dealkylation sites (tertiary alicyclic amines) is 1. The van der Waals surface area contributed by atoms with Crippen molar-refractivity contribution in [3.05, 3.63) is 18.2 Å². The second-order valence-corrected chi connectivity index (χ2v) is 6.17. The van der Waals surface area contributed by atoms with E-state index >= 15 is 0 Å². The number of hydrogen-bond donors (Lipinski definition) is 3. The van der Waals surface area contributed by atoms with Gasteiger partial charge in [-0.05, 0) is 31.6 Å². The molecule has 2 aliphatic rings. The Bertz CT molecular complexity index is 441. The zero-order chi connectivity index (χ0) is 14.5. The number of aromatic amines is 1. The first-order valence-electron chi connectivity index (χ1n) is 8.05. The van der Waals surface area contributed by atoms with Gasteiger partial charge in [-0.3, -0.25) is 15.6 Å². The van der Waals surface area contributed by atoms with Crippen LogP contribution >= 0.6 is 0 Å². The first-order chi connectivity index (χ1) is 10.3. The lowest BCUT2D eigenvalue weighted by molar-refractivity contribution is -0.132. The third-order valence-corrected chi connectivity index (χ3v) is 4.59. The van der Waals surface area contributed by atoms with E-state index in [0.717, 1.165) is 57.7 Å². The molecule has 21 heavy (non-hydrogen) atoms. The van der Waals surface area contributed by atoms with Crippen molar-refractivity contribution < 1.29 is 4.79 Å². The Kier molecular flexibility index (Phi) is 4.87. The summed E-state index contributed by atoms with van der Waals surface area (Å²) in [7, 11) is 0.